The van der Waals surface area contributed by atoms with Crippen molar-refractivity contribution in [3.05, 3.63) is 23.9 Å². The Labute approximate surface area is 123 Å². The lowest BCUT2D eigenvalue weighted by atomic mass is 10.1. The molecular weight excluding hydrogens is 272 g/mol. The zero-order valence-electron chi connectivity index (χ0n) is 12.6. The third kappa shape index (κ3) is 2.80. The molecule has 0 bridgehead atoms. The number of hydrogen-bond donors (Lipinski definition) is 2. The highest BCUT2D eigenvalue weighted by atomic mass is 16.5. The van der Waals surface area contributed by atoms with Gasteiger partial charge in [-0.25, -0.2) is 4.79 Å². The first kappa shape index (κ1) is 15.2. The molecular formula is C15H20N2O4. The summed E-state index contributed by atoms with van der Waals surface area (Å²) in [5.41, 5.74) is 6.35. The Balaban J connectivity index is 2.80. The summed E-state index contributed by atoms with van der Waals surface area (Å²) in [6.45, 7) is 4.06. The van der Waals surface area contributed by atoms with Gasteiger partial charge < -0.3 is 24.9 Å². The summed E-state index contributed by atoms with van der Waals surface area (Å²) < 4.78 is 12.2. The largest absolute Gasteiger partial charge is 0.497 e. The Kier molecular flexibility index (Phi) is 3.82. The molecule has 0 aliphatic rings. The third-order valence-corrected chi connectivity index (χ3v) is 3.20. The monoisotopic (exact) mass is 292 g/mol. The van der Waals surface area contributed by atoms with E-state index in [1.807, 2.05) is 19.9 Å². The number of rotatable bonds is 5. The van der Waals surface area contributed by atoms with Crippen LogP contribution in [0.1, 0.15) is 24.3 Å². The Morgan fingerprint density at radius 2 is 2.00 bits per heavy atom. The molecule has 0 saturated heterocycles. The highest BCUT2D eigenvalue weighted by molar-refractivity contribution is 6.01. The molecule has 0 unspecified atom stereocenters. The van der Waals surface area contributed by atoms with Crippen LogP contribution in [0, 0.1) is 0 Å². The fourth-order valence-corrected chi connectivity index (χ4v) is 2.42. The molecule has 2 rings (SSSR count). The predicted molar refractivity (Wildman–Crippen MR) is 80.3 cm³/mol. The highest BCUT2D eigenvalue weighted by Crippen LogP contribution is 2.36. The molecule has 0 amide bonds. The van der Waals surface area contributed by atoms with Crippen molar-refractivity contribution in [1.29, 1.82) is 0 Å². The summed E-state index contributed by atoms with van der Waals surface area (Å²) in [7, 11) is 3.02. The molecule has 21 heavy (non-hydrogen) atoms. The maximum atomic E-state index is 11.6. The SMILES string of the molecule is COc1ccc2c(c1)c(OC)c(C(=O)O)n2CC(C)(C)N. The fourth-order valence-electron chi connectivity index (χ4n) is 2.42. The second kappa shape index (κ2) is 5.29. The van der Waals surface area contributed by atoms with Crippen molar-refractivity contribution < 1.29 is 19.4 Å². The van der Waals surface area contributed by atoms with Crippen molar-refractivity contribution in [3.63, 3.8) is 0 Å². The Morgan fingerprint density at radius 3 is 2.48 bits per heavy atom. The van der Waals surface area contributed by atoms with Crippen LogP contribution in [0.2, 0.25) is 0 Å². The number of aromatic carboxylic acids is 1. The highest BCUT2D eigenvalue weighted by Gasteiger charge is 2.26. The van der Waals surface area contributed by atoms with E-state index in [0.717, 1.165) is 5.52 Å². The van der Waals surface area contributed by atoms with E-state index in [4.69, 9.17) is 15.2 Å². The molecule has 0 atom stereocenters. The van der Waals surface area contributed by atoms with Crippen LogP contribution in [-0.4, -0.2) is 35.4 Å². The van der Waals surface area contributed by atoms with Crippen LogP contribution in [0.4, 0.5) is 0 Å². The molecule has 1 heterocycles. The van der Waals surface area contributed by atoms with Gasteiger partial charge >= 0.3 is 5.97 Å². The Morgan fingerprint density at radius 1 is 1.33 bits per heavy atom. The van der Waals surface area contributed by atoms with Gasteiger partial charge in [0, 0.05) is 17.5 Å². The van der Waals surface area contributed by atoms with Gasteiger partial charge in [-0.2, -0.15) is 0 Å². The maximum absolute atomic E-state index is 11.6. The number of carboxylic acid groups (broad SMARTS) is 1. The fraction of sp³-hybridized carbons (Fsp3) is 0.400. The molecule has 0 aliphatic carbocycles. The summed E-state index contributed by atoms with van der Waals surface area (Å²) >= 11 is 0. The number of nitrogens with two attached hydrogens (primary N) is 1. The van der Waals surface area contributed by atoms with E-state index in [-0.39, 0.29) is 5.69 Å². The third-order valence-electron chi connectivity index (χ3n) is 3.20. The van der Waals surface area contributed by atoms with Gasteiger partial charge in [-0.1, -0.05) is 0 Å². The number of fused-ring (bicyclic) bond motifs is 1. The molecule has 0 saturated carbocycles. The second-order valence-electron chi connectivity index (χ2n) is 5.64. The molecule has 0 radical (unpaired) electrons. The van der Waals surface area contributed by atoms with E-state index >= 15 is 0 Å². The lowest BCUT2D eigenvalue weighted by Gasteiger charge is -2.21. The molecule has 6 nitrogen and oxygen atoms in total. The zero-order valence-corrected chi connectivity index (χ0v) is 12.6. The van der Waals surface area contributed by atoms with Crippen LogP contribution in [0.3, 0.4) is 0 Å². The first-order valence-electron chi connectivity index (χ1n) is 6.55. The number of nitrogens with zero attached hydrogens (tertiary/aromatic N) is 1. The van der Waals surface area contributed by atoms with Gasteiger partial charge in [0.1, 0.15) is 5.75 Å². The quantitative estimate of drug-likeness (QED) is 0.881. The number of benzene rings is 1. The van der Waals surface area contributed by atoms with Crippen LogP contribution in [-0.2, 0) is 6.54 Å². The molecule has 0 spiro atoms. The number of carbonyl (C=O) groups is 1. The van der Waals surface area contributed by atoms with Crippen molar-refractivity contribution in [1.82, 2.24) is 4.57 Å². The zero-order chi connectivity index (χ0) is 15.8. The molecule has 3 N–H and O–H groups in total. The number of ether oxygens (including phenoxy) is 2. The van der Waals surface area contributed by atoms with Crippen LogP contribution in [0.15, 0.2) is 18.2 Å². The first-order chi connectivity index (χ1) is 9.78. The van der Waals surface area contributed by atoms with Crippen LogP contribution >= 0.6 is 0 Å². The molecule has 1 aromatic heterocycles. The topological polar surface area (TPSA) is 86.7 Å². The van der Waals surface area contributed by atoms with Crippen LogP contribution in [0.25, 0.3) is 10.9 Å². The summed E-state index contributed by atoms with van der Waals surface area (Å²) in [6.07, 6.45) is 0. The average molecular weight is 292 g/mol. The molecule has 6 heteroatoms. The molecule has 0 fully saturated rings. The van der Waals surface area contributed by atoms with E-state index in [2.05, 4.69) is 0 Å². The van der Waals surface area contributed by atoms with Gasteiger partial charge in [0.2, 0.25) is 0 Å². The van der Waals surface area contributed by atoms with Gasteiger partial charge in [0.15, 0.2) is 11.4 Å². The minimum absolute atomic E-state index is 0.0966. The van der Waals surface area contributed by atoms with E-state index < -0.39 is 11.5 Å². The van der Waals surface area contributed by atoms with E-state index in [1.54, 1.807) is 23.8 Å². The van der Waals surface area contributed by atoms with Crippen molar-refractivity contribution in [3.8, 4) is 11.5 Å². The number of hydrogen-bond acceptors (Lipinski definition) is 4. The second-order valence-corrected chi connectivity index (χ2v) is 5.64. The summed E-state index contributed by atoms with van der Waals surface area (Å²) in [5, 5.41) is 10.2. The van der Waals surface area contributed by atoms with Crippen molar-refractivity contribution in [2.24, 2.45) is 5.73 Å². The number of aromatic nitrogens is 1. The van der Waals surface area contributed by atoms with Crippen LogP contribution in [0.5, 0.6) is 11.5 Å². The standard InChI is InChI=1S/C15H20N2O4/c1-15(2,16)8-17-11-6-5-9(20-3)7-10(11)13(21-4)12(17)14(18)19/h5-7H,8,16H2,1-4H3,(H,18,19). The number of methoxy groups -OCH3 is 2. The van der Waals surface area contributed by atoms with Gasteiger partial charge in [-0.15, -0.1) is 0 Å². The average Bonchev–Trinajstić information content (AvgIpc) is 2.69. The minimum atomic E-state index is -1.05. The van der Waals surface area contributed by atoms with Gasteiger partial charge in [-0.05, 0) is 32.0 Å². The van der Waals surface area contributed by atoms with Gasteiger partial charge in [0.25, 0.3) is 0 Å². The lowest BCUT2D eigenvalue weighted by Crippen LogP contribution is -2.37. The summed E-state index contributed by atoms with van der Waals surface area (Å²) in [4.78, 5) is 11.6. The Hall–Kier alpha value is -2.21. The van der Waals surface area contributed by atoms with E-state index in [9.17, 15) is 9.90 Å². The van der Waals surface area contributed by atoms with Crippen molar-refractivity contribution in [2.45, 2.75) is 25.9 Å². The van der Waals surface area contributed by atoms with E-state index in [0.29, 0.717) is 23.4 Å². The maximum Gasteiger partial charge on any atom is 0.356 e. The van der Waals surface area contributed by atoms with Crippen molar-refractivity contribution in [2.75, 3.05) is 14.2 Å². The predicted octanol–water partition coefficient (Wildman–Crippen LogP) is 2.09. The van der Waals surface area contributed by atoms with Crippen molar-refractivity contribution >= 4 is 16.9 Å². The smallest absolute Gasteiger partial charge is 0.356 e. The molecule has 1 aromatic carbocycles. The Bertz CT molecular complexity index is 683. The molecule has 2 aromatic rings. The first-order valence-corrected chi connectivity index (χ1v) is 6.55. The lowest BCUT2D eigenvalue weighted by molar-refractivity contribution is 0.0681. The molecule has 0 aliphatic heterocycles. The van der Waals surface area contributed by atoms with E-state index in [1.165, 1.54) is 7.11 Å². The van der Waals surface area contributed by atoms with Gasteiger partial charge in [0.05, 0.1) is 19.7 Å². The summed E-state index contributed by atoms with van der Waals surface area (Å²) in [5.74, 6) is -0.0891. The number of carboxylic acids is 1. The van der Waals surface area contributed by atoms with Crippen LogP contribution < -0.4 is 15.2 Å². The summed E-state index contributed by atoms with van der Waals surface area (Å²) in [6, 6.07) is 5.36. The van der Waals surface area contributed by atoms with Gasteiger partial charge in [-0.3, -0.25) is 0 Å². The minimum Gasteiger partial charge on any atom is -0.497 e. The molecule has 114 valence electrons. The normalized spacial score (nSPS) is 11.7.